The largest absolute Gasteiger partial charge is 0.399 e. The fraction of sp³-hybridized carbons (Fsp3) is 0.0667. The number of rotatable bonds is 4. The van der Waals surface area contributed by atoms with Crippen molar-refractivity contribution in [3.63, 3.8) is 0 Å². The third-order valence-corrected chi connectivity index (χ3v) is 3.07. The molecule has 0 saturated carbocycles. The maximum Gasteiger partial charge on any atom is 0.204 e. The van der Waals surface area contributed by atoms with Gasteiger partial charge in [0.15, 0.2) is 5.78 Å². The molecule has 0 fully saturated rings. The Morgan fingerprint density at radius 1 is 1.09 bits per heavy atom. The number of aromatic nitrogens is 4. The average Bonchev–Trinajstić information content (AvgIpc) is 2.97. The van der Waals surface area contributed by atoms with Crippen molar-refractivity contribution < 1.29 is 9.18 Å². The molecule has 1 heterocycles. The van der Waals surface area contributed by atoms with E-state index in [-0.39, 0.29) is 18.1 Å². The van der Waals surface area contributed by atoms with Crippen molar-refractivity contribution in [1.82, 2.24) is 20.2 Å². The van der Waals surface area contributed by atoms with Crippen LogP contribution in [0, 0.1) is 5.82 Å². The Morgan fingerprint density at radius 3 is 2.45 bits per heavy atom. The molecule has 0 aliphatic carbocycles. The van der Waals surface area contributed by atoms with Crippen LogP contribution in [-0.4, -0.2) is 26.0 Å². The van der Waals surface area contributed by atoms with E-state index >= 15 is 0 Å². The van der Waals surface area contributed by atoms with Crippen LogP contribution in [0.4, 0.5) is 10.1 Å². The summed E-state index contributed by atoms with van der Waals surface area (Å²) in [5.74, 6) is -0.200. The molecular weight excluding hydrogens is 285 g/mol. The van der Waals surface area contributed by atoms with Gasteiger partial charge in [0.2, 0.25) is 5.82 Å². The summed E-state index contributed by atoms with van der Waals surface area (Å²) in [7, 11) is 0. The molecule has 0 bridgehead atoms. The van der Waals surface area contributed by atoms with Crippen molar-refractivity contribution in [2.24, 2.45) is 0 Å². The molecule has 0 aliphatic rings. The van der Waals surface area contributed by atoms with E-state index in [2.05, 4.69) is 15.4 Å². The number of carbonyl (C=O) groups is 1. The molecule has 2 N–H and O–H groups in total. The van der Waals surface area contributed by atoms with Crippen LogP contribution in [-0.2, 0) is 6.54 Å². The van der Waals surface area contributed by atoms with Gasteiger partial charge in [0.1, 0.15) is 12.4 Å². The molecule has 6 nitrogen and oxygen atoms in total. The van der Waals surface area contributed by atoms with Crippen LogP contribution in [0.2, 0.25) is 0 Å². The first-order chi connectivity index (χ1) is 10.6. The number of nitrogen functional groups attached to an aromatic ring is 1. The summed E-state index contributed by atoms with van der Waals surface area (Å²) in [5.41, 5.74) is 7.41. The highest BCUT2D eigenvalue weighted by molar-refractivity contribution is 5.95. The van der Waals surface area contributed by atoms with Crippen molar-refractivity contribution in [2.75, 3.05) is 5.73 Å². The van der Waals surface area contributed by atoms with E-state index < -0.39 is 0 Å². The van der Waals surface area contributed by atoms with Crippen LogP contribution in [0.15, 0.2) is 48.5 Å². The molecule has 22 heavy (non-hydrogen) atoms. The van der Waals surface area contributed by atoms with Gasteiger partial charge in [-0.2, -0.15) is 4.80 Å². The SMILES string of the molecule is Nc1ccc(-c2nnn(CC(=O)c3ccc(F)cc3)n2)cc1. The van der Waals surface area contributed by atoms with Crippen LogP contribution in [0.5, 0.6) is 0 Å². The Labute approximate surface area is 125 Å². The summed E-state index contributed by atoms with van der Waals surface area (Å²) in [5, 5.41) is 11.9. The first kappa shape index (κ1) is 13.9. The van der Waals surface area contributed by atoms with E-state index in [0.29, 0.717) is 17.1 Å². The average molecular weight is 297 g/mol. The molecule has 110 valence electrons. The van der Waals surface area contributed by atoms with E-state index in [9.17, 15) is 9.18 Å². The second-order valence-electron chi connectivity index (χ2n) is 4.70. The summed E-state index contributed by atoms with van der Waals surface area (Å²) in [4.78, 5) is 13.3. The zero-order valence-electron chi connectivity index (χ0n) is 11.5. The molecule has 7 heteroatoms. The van der Waals surface area contributed by atoms with E-state index in [1.54, 1.807) is 24.3 Å². The third kappa shape index (κ3) is 2.98. The molecule has 0 saturated heterocycles. The van der Waals surface area contributed by atoms with Crippen molar-refractivity contribution in [1.29, 1.82) is 0 Å². The highest BCUT2D eigenvalue weighted by Gasteiger charge is 2.11. The van der Waals surface area contributed by atoms with E-state index in [1.807, 2.05) is 0 Å². The number of nitrogens with two attached hydrogens (primary N) is 1. The van der Waals surface area contributed by atoms with E-state index in [1.165, 1.54) is 29.1 Å². The number of tetrazole rings is 1. The summed E-state index contributed by atoms with van der Waals surface area (Å²) < 4.78 is 12.8. The van der Waals surface area contributed by atoms with Gasteiger partial charge in [0, 0.05) is 16.8 Å². The second kappa shape index (κ2) is 5.72. The Hall–Kier alpha value is -3.09. The highest BCUT2D eigenvalue weighted by atomic mass is 19.1. The van der Waals surface area contributed by atoms with Crippen LogP contribution in [0.25, 0.3) is 11.4 Å². The number of nitrogens with zero attached hydrogens (tertiary/aromatic N) is 4. The van der Waals surface area contributed by atoms with E-state index in [0.717, 1.165) is 5.56 Å². The molecule has 3 rings (SSSR count). The van der Waals surface area contributed by atoms with Crippen LogP contribution in [0.1, 0.15) is 10.4 Å². The summed E-state index contributed by atoms with van der Waals surface area (Å²) in [6, 6.07) is 12.4. The molecule has 0 aliphatic heterocycles. The molecule has 3 aromatic rings. The lowest BCUT2D eigenvalue weighted by atomic mass is 10.1. The van der Waals surface area contributed by atoms with Crippen LogP contribution < -0.4 is 5.73 Å². The van der Waals surface area contributed by atoms with Gasteiger partial charge in [-0.05, 0) is 53.7 Å². The quantitative estimate of drug-likeness (QED) is 0.587. The number of hydrogen-bond donors (Lipinski definition) is 1. The minimum absolute atomic E-state index is 0.0619. The van der Waals surface area contributed by atoms with Crippen molar-refractivity contribution >= 4 is 11.5 Å². The lowest BCUT2D eigenvalue weighted by Gasteiger charge is -1.99. The van der Waals surface area contributed by atoms with Gasteiger partial charge in [-0.15, -0.1) is 10.2 Å². The monoisotopic (exact) mass is 297 g/mol. The predicted octanol–water partition coefficient (Wildman–Crippen LogP) is 1.94. The summed E-state index contributed by atoms with van der Waals surface area (Å²) in [6.45, 7) is -0.0619. The molecule has 1 aromatic heterocycles. The smallest absolute Gasteiger partial charge is 0.204 e. The van der Waals surface area contributed by atoms with Gasteiger partial charge < -0.3 is 5.73 Å². The molecular formula is C15H12FN5O. The van der Waals surface area contributed by atoms with Crippen molar-refractivity contribution in [2.45, 2.75) is 6.54 Å². The molecule has 2 aromatic carbocycles. The Bertz CT molecular complexity index is 796. The number of carbonyl (C=O) groups excluding carboxylic acids is 1. The lowest BCUT2D eigenvalue weighted by molar-refractivity contribution is 0.0961. The van der Waals surface area contributed by atoms with Crippen LogP contribution in [0.3, 0.4) is 0 Å². The van der Waals surface area contributed by atoms with E-state index in [4.69, 9.17) is 5.73 Å². The molecule has 0 unspecified atom stereocenters. The highest BCUT2D eigenvalue weighted by Crippen LogP contribution is 2.15. The number of halogens is 1. The fourth-order valence-electron chi connectivity index (χ4n) is 1.91. The predicted molar refractivity (Wildman–Crippen MR) is 78.4 cm³/mol. The Balaban J connectivity index is 1.75. The van der Waals surface area contributed by atoms with Crippen LogP contribution >= 0.6 is 0 Å². The number of ketones is 1. The summed E-state index contributed by atoms with van der Waals surface area (Å²) in [6.07, 6.45) is 0. The normalized spacial score (nSPS) is 10.6. The third-order valence-electron chi connectivity index (χ3n) is 3.07. The minimum atomic E-state index is -0.388. The van der Waals surface area contributed by atoms with Gasteiger partial charge in [-0.3, -0.25) is 4.79 Å². The van der Waals surface area contributed by atoms with Crippen molar-refractivity contribution in [3.05, 3.63) is 59.9 Å². The topological polar surface area (TPSA) is 86.7 Å². The van der Waals surface area contributed by atoms with Gasteiger partial charge in [-0.25, -0.2) is 4.39 Å². The zero-order chi connectivity index (χ0) is 15.5. The second-order valence-corrected chi connectivity index (χ2v) is 4.70. The van der Waals surface area contributed by atoms with Crippen molar-refractivity contribution in [3.8, 4) is 11.4 Å². The van der Waals surface area contributed by atoms with Gasteiger partial charge in [0.25, 0.3) is 0 Å². The van der Waals surface area contributed by atoms with Gasteiger partial charge in [0.05, 0.1) is 0 Å². The Kier molecular flexibility index (Phi) is 3.61. The first-order valence-electron chi connectivity index (χ1n) is 6.54. The number of hydrogen-bond acceptors (Lipinski definition) is 5. The maximum atomic E-state index is 12.8. The molecule has 0 spiro atoms. The first-order valence-corrected chi connectivity index (χ1v) is 6.54. The maximum absolute atomic E-state index is 12.8. The molecule has 0 radical (unpaired) electrons. The minimum Gasteiger partial charge on any atom is -0.399 e. The Morgan fingerprint density at radius 2 is 1.77 bits per heavy atom. The molecule has 0 atom stereocenters. The standard InChI is InChI=1S/C15H12FN5O/c16-12-5-1-10(2-6-12)14(22)9-21-19-15(18-20-21)11-3-7-13(17)8-4-11/h1-8H,9,17H2. The number of Topliss-reactive ketones (excluding diaryl/α,β-unsaturated/α-hetero) is 1. The fourth-order valence-corrected chi connectivity index (χ4v) is 1.91. The number of benzene rings is 2. The summed E-state index contributed by atoms with van der Waals surface area (Å²) >= 11 is 0. The lowest BCUT2D eigenvalue weighted by Crippen LogP contribution is -2.13. The zero-order valence-corrected chi connectivity index (χ0v) is 11.5. The van der Waals surface area contributed by atoms with Gasteiger partial charge >= 0.3 is 0 Å². The number of anilines is 1. The van der Waals surface area contributed by atoms with Gasteiger partial charge in [-0.1, -0.05) is 0 Å². The molecule has 0 amide bonds.